The first-order valence-electron chi connectivity index (χ1n) is 6.24. The van der Waals surface area contributed by atoms with Gasteiger partial charge in [-0.1, -0.05) is 6.92 Å². The minimum Gasteiger partial charge on any atom is -0.301 e. The Bertz CT molecular complexity index is 380. The van der Waals surface area contributed by atoms with Gasteiger partial charge in [-0.05, 0) is 29.4 Å². The lowest BCUT2D eigenvalue weighted by Gasteiger charge is -2.33. The molecule has 0 unspecified atom stereocenters. The van der Waals surface area contributed by atoms with Crippen molar-refractivity contribution in [3.8, 4) is 0 Å². The van der Waals surface area contributed by atoms with Crippen LogP contribution in [-0.2, 0) is 13.6 Å². The Morgan fingerprint density at radius 2 is 1.76 bits per heavy atom. The Hall–Kier alpha value is -0.390. The molecule has 0 spiro atoms. The molecule has 0 bridgehead atoms. The fourth-order valence-electron chi connectivity index (χ4n) is 2.33. The van der Waals surface area contributed by atoms with Gasteiger partial charge in [0.05, 0.1) is 15.9 Å². The van der Waals surface area contributed by atoms with Crippen LogP contribution in [0.5, 0.6) is 0 Å². The van der Waals surface area contributed by atoms with Crippen molar-refractivity contribution < 1.29 is 0 Å². The Kier molecular flexibility index (Phi) is 4.22. The van der Waals surface area contributed by atoms with Gasteiger partial charge in [0.2, 0.25) is 0 Å². The SMILES string of the molecule is CCN1CCN(Cc2c(Br)c(C)nn2C)CC1. The molecule has 1 aromatic rings. The zero-order valence-corrected chi connectivity index (χ0v) is 12.5. The van der Waals surface area contributed by atoms with Crippen LogP contribution in [0, 0.1) is 6.92 Å². The molecule has 17 heavy (non-hydrogen) atoms. The summed E-state index contributed by atoms with van der Waals surface area (Å²) in [7, 11) is 2.02. The van der Waals surface area contributed by atoms with Crippen molar-refractivity contribution in [3.63, 3.8) is 0 Å². The van der Waals surface area contributed by atoms with Gasteiger partial charge in [-0.3, -0.25) is 9.58 Å². The summed E-state index contributed by atoms with van der Waals surface area (Å²) in [6, 6.07) is 0. The summed E-state index contributed by atoms with van der Waals surface area (Å²) in [5, 5.41) is 4.44. The Morgan fingerprint density at radius 1 is 1.18 bits per heavy atom. The fraction of sp³-hybridized carbons (Fsp3) is 0.750. The number of hydrogen-bond acceptors (Lipinski definition) is 3. The molecule has 5 heteroatoms. The summed E-state index contributed by atoms with van der Waals surface area (Å²) < 4.78 is 3.16. The maximum Gasteiger partial charge on any atom is 0.0739 e. The van der Waals surface area contributed by atoms with Crippen LogP contribution in [0.4, 0.5) is 0 Å². The van der Waals surface area contributed by atoms with E-state index in [0.29, 0.717) is 0 Å². The molecule has 4 nitrogen and oxygen atoms in total. The van der Waals surface area contributed by atoms with E-state index in [2.05, 4.69) is 37.8 Å². The average molecular weight is 301 g/mol. The molecule has 1 aliphatic heterocycles. The molecule has 0 amide bonds. The summed E-state index contributed by atoms with van der Waals surface area (Å²) in [4.78, 5) is 5.01. The maximum absolute atomic E-state index is 4.44. The predicted octanol–water partition coefficient (Wildman–Crippen LogP) is 1.63. The van der Waals surface area contributed by atoms with Crippen molar-refractivity contribution in [2.75, 3.05) is 32.7 Å². The summed E-state index contributed by atoms with van der Waals surface area (Å²) in [5.74, 6) is 0. The van der Waals surface area contributed by atoms with Crippen molar-refractivity contribution >= 4 is 15.9 Å². The molecule has 0 atom stereocenters. The minimum absolute atomic E-state index is 0.996. The van der Waals surface area contributed by atoms with Crippen LogP contribution in [0.2, 0.25) is 0 Å². The van der Waals surface area contributed by atoms with Gasteiger partial charge in [-0.2, -0.15) is 5.10 Å². The Labute approximate surface area is 112 Å². The number of nitrogens with zero attached hydrogens (tertiary/aromatic N) is 4. The zero-order chi connectivity index (χ0) is 12.4. The van der Waals surface area contributed by atoms with Gasteiger partial charge in [0.25, 0.3) is 0 Å². The quantitative estimate of drug-likeness (QED) is 0.848. The number of halogens is 1. The molecular formula is C12H21BrN4. The standard InChI is InChI=1S/C12H21BrN4/c1-4-16-5-7-17(8-6-16)9-11-12(13)10(2)14-15(11)3/h4-9H2,1-3H3. The van der Waals surface area contributed by atoms with Crippen molar-refractivity contribution in [2.24, 2.45) is 7.05 Å². The molecule has 2 rings (SSSR count). The topological polar surface area (TPSA) is 24.3 Å². The van der Waals surface area contributed by atoms with Crippen molar-refractivity contribution in [2.45, 2.75) is 20.4 Å². The van der Waals surface area contributed by atoms with Crippen LogP contribution in [0.3, 0.4) is 0 Å². The second-order valence-electron chi connectivity index (χ2n) is 4.68. The van der Waals surface area contributed by atoms with E-state index >= 15 is 0 Å². The third-order valence-electron chi connectivity index (χ3n) is 3.55. The van der Waals surface area contributed by atoms with Crippen LogP contribution in [0.15, 0.2) is 4.47 Å². The highest BCUT2D eigenvalue weighted by atomic mass is 79.9. The third-order valence-corrected chi connectivity index (χ3v) is 4.58. The van der Waals surface area contributed by atoms with Gasteiger partial charge in [0.1, 0.15) is 0 Å². The van der Waals surface area contributed by atoms with Gasteiger partial charge in [0.15, 0.2) is 0 Å². The molecule has 0 N–H and O–H groups in total. The van der Waals surface area contributed by atoms with Crippen LogP contribution < -0.4 is 0 Å². The molecular weight excluding hydrogens is 280 g/mol. The number of likely N-dealkylation sites (N-methyl/N-ethyl adjacent to an activating group) is 1. The van der Waals surface area contributed by atoms with E-state index < -0.39 is 0 Å². The molecule has 1 saturated heterocycles. The van der Waals surface area contributed by atoms with Gasteiger partial charge in [-0.15, -0.1) is 0 Å². The summed E-state index contributed by atoms with van der Waals surface area (Å²) in [6.45, 7) is 11.1. The van der Waals surface area contributed by atoms with E-state index in [0.717, 1.165) is 29.8 Å². The largest absolute Gasteiger partial charge is 0.301 e. The molecule has 0 aromatic carbocycles. The maximum atomic E-state index is 4.44. The van der Waals surface area contributed by atoms with E-state index in [1.54, 1.807) is 0 Å². The van der Waals surface area contributed by atoms with Crippen molar-refractivity contribution in [1.82, 2.24) is 19.6 Å². The molecule has 2 heterocycles. The average Bonchev–Trinajstić information content (AvgIpc) is 2.57. The normalized spacial score (nSPS) is 18.8. The highest BCUT2D eigenvalue weighted by molar-refractivity contribution is 9.10. The van der Waals surface area contributed by atoms with E-state index in [-0.39, 0.29) is 0 Å². The van der Waals surface area contributed by atoms with Crippen molar-refractivity contribution in [3.05, 3.63) is 15.9 Å². The fourth-order valence-corrected chi connectivity index (χ4v) is 2.79. The molecule has 0 saturated carbocycles. The molecule has 1 aromatic heterocycles. The number of rotatable bonds is 3. The first kappa shape index (κ1) is 13.1. The predicted molar refractivity (Wildman–Crippen MR) is 73.0 cm³/mol. The number of piperazine rings is 1. The third kappa shape index (κ3) is 2.89. The minimum atomic E-state index is 0.996. The van der Waals surface area contributed by atoms with Gasteiger partial charge in [-0.25, -0.2) is 0 Å². The van der Waals surface area contributed by atoms with E-state index in [1.165, 1.54) is 25.3 Å². The van der Waals surface area contributed by atoms with Crippen LogP contribution in [0.25, 0.3) is 0 Å². The summed E-state index contributed by atoms with van der Waals surface area (Å²) in [6.07, 6.45) is 0. The number of hydrogen-bond donors (Lipinski definition) is 0. The lowest BCUT2D eigenvalue weighted by molar-refractivity contribution is 0.129. The second kappa shape index (κ2) is 5.50. The molecule has 1 fully saturated rings. The van der Waals surface area contributed by atoms with Crippen molar-refractivity contribution in [1.29, 1.82) is 0 Å². The van der Waals surface area contributed by atoms with Crippen LogP contribution in [0.1, 0.15) is 18.3 Å². The lowest BCUT2D eigenvalue weighted by Crippen LogP contribution is -2.45. The van der Waals surface area contributed by atoms with Gasteiger partial charge in [0, 0.05) is 39.8 Å². The van der Waals surface area contributed by atoms with E-state index in [1.807, 2.05) is 18.7 Å². The Morgan fingerprint density at radius 3 is 2.24 bits per heavy atom. The highest BCUT2D eigenvalue weighted by Crippen LogP contribution is 2.22. The number of aromatic nitrogens is 2. The summed E-state index contributed by atoms with van der Waals surface area (Å²) in [5.41, 5.74) is 2.36. The van der Waals surface area contributed by atoms with E-state index in [9.17, 15) is 0 Å². The highest BCUT2D eigenvalue weighted by Gasteiger charge is 2.19. The summed E-state index contributed by atoms with van der Waals surface area (Å²) >= 11 is 3.63. The molecule has 1 aliphatic rings. The second-order valence-corrected chi connectivity index (χ2v) is 5.47. The monoisotopic (exact) mass is 300 g/mol. The Balaban J connectivity index is 1.98. The van der Waals surface area contributed by atoms with Gasteiger partial charge >= 0.3 is 0 Å². The zero-order valence-electron chi connectivity index (χ0n) is 10.9. The van der Waals surface area contributed by atoms with Crippen LogP contribution >= 0.6 is 15.9 Å². The first-order chi connectivity index (χ1) is 8.11. The molecule has 0 aliphatic carbocycles. The molecule has 96 valence electrons. The smallest absolute Gasteiger partial charge is 0.0739 e. The van der Waals surface area contributed by atoms with Crippen LogP contribution in [-0.4, -0.2) is 52.3 Å². The first-order valence-corrected chi connectivity index (χ1v) is 7.03. The lowest BCUT2D eigenvalue weighted by atomic mass is 10.3. The van der Waals surface area contributed by atoms with Gasteiger partial charge < -0.3 is 4.90 Å². The molecule has 0 radical (unpaired) electrons. The van der Waals surface area contributed by atoms with E-state index in [4.69, 9.17) is 0 Å². The number of aryl methyl sites for hydroxylation is 2.